The maximum absolute atomic E-state index is 12.3. The monoisotopic (exact) mass is 296 g/mol. The van der Waals surface area contributed by atoms with Gasteiger partial charge in [-0.05, 0) is 12.1 Å². The highest BCUT2D eigenvalue weighted by atomic mass is 35.5. The number of hydrazine groups is 1. The molecule has 1 heterocycles. The predicted octanol–water partition coefficient (Wildman–Crippen LogP) is 2.93. The highest BCUT2D eigenvalue weighted by molar-refractivity contribution is 7.18. The minimum atomic E-state index is -4.33. The van der Waals surface area contributed by atoms with Crippen LogP contribution in [0.5, 0.6) is 0 Å². The van der Waals surface area contributed by atoms with Crippen molar-refractivity contribution >= 4 is 28.9 Å². The van der Waals surface area contributed by atoms with Crippen LogP contribution < -0.4 is 11.3 Å². The van der Waals surface area contributed by atoms with Gasteiger partial charge in [0.1, 0.15) is 5.01 Å². The van der Waals surface area contributed by atoms with Crippen molar-refractivity contribution in [1.29, 1.82) is 0 Å². The number of aromatic nitrogens is 2. The Hall–Kier alpha value is -1.38. The van der Waals surface area contributed by atoms with Crippen LogP contribution in [0.3, 0.4) is 0 Å². The molecule has 1 aromatic carbocycles. The average molecular weight is 297 g/mol. The second kappa shape index (κ2) is 5.51. The summed E-state index contributed by atoms with van der Waals surface area (Å²) in [6, 6.07) is 4.71. The average Bonchev–Trinajstić information content (AvgIpc) is 2.76. The quantitative estimate of drug-likeness (QED) is 0.660. The van der Waals surface area contributed by atoms with Gasteiger partial charge in [0.05, 0.1) is 5.56 Å². The van der Waals surface area contributed by atoms with Gasteiger partial charge in [-0.3, -0.25) is 5.43 Å². The number of nitrogens with two attached hydrogens (primary N) is 1. The van der Waals surface area contributed by atoms with E-state index < -0.39 is 11.7 Å². The zero-order valence-corrected chi connectivity index (χ0v) is 10.4. The summed E-state index contributed by atoms with van der Waals surface area (Å²) < 4.78 is 37.0. The Kier molecular flexibility index (Phi) is 4.49. The van der Waals surface area contributed by atoms with Gasteiger partial charge in [-0.2, -0.15) is 13.2 Å². The molecular weight excluding hydrogens is 289 g/mol. The topological polar surface area (TPSA) is 63.8 Å². The fourth-order valence-corrected chi connectivity index (χ4v) is 1.86. The molecule has 3 N–H and O–H groups in total. The summed E-state index contributed by atoms with van der Waals surface area (Å²) in [6.45, 7) is 0. The van der Waals surface area contributed by atoms with Gasteiger partial charge in [0.25, 0.3) is 0 Å². The van der Waals surface area contributed by atoms with Crippen molar-refractivity contribution in [2.75, 3.05) is 5.43 Å². The van der Waals surface area contributed by atoms with Gasteiger partial charge in [0.15, 0.2) is 0 Å². The number of benzene rings is 1. The molecule has 98 valence electrons. The van der Waals surface area contributed by atoms with E-state index in [4.69, 9.17) is 5.84 Å². The Balaban J connectivity index is 0.00000162. The van der Waals surface area contributed by atoms with Crippen LogP contribution in [0.2, 0.25) is 0 Å². The number of nitrogens with zero attached hydrogens (tertiary/aromatic N) is 2. The summed E-state index contributed by atoms with van der Waals surface area (Å²) >= 11 is 1.16. The SMILES string of the molecule is Cl.NNc1nnc(-c2ccc(C(F)(F)F)cc2)s1. The van der Waals surface area contributed by atoms with Crippen LogP contribution in [0.15, 0.2) is 24.3 Å². The molecule has 0 fully saturated rings. The third kappa shape index (κ3) is 3.09. The van der Waals surface area contributed by atoms with E-state index in [2.05, 4.69) is 15.6 Å². The molecule has 0 saturated heterocycles. The molecule has 0 saturated carbocycles. The lowest BCUT2D eigenvalue weighted by molar-refractivity contribution is -0.137. The summed E-state index contributed by atoms with van der Waals surface area (Å²) in [5.74, 6) is 5.13. The number of halogens is 4. The smallest absolute Gasteiger partial charge is 0.298 e. The maximum atomic E-state index is 12.3. The third-order valence-electron chi connectivity index (χ3n) is 2.01. The summed E-state index contributed by atoms with van der Waals surface area (Å²) in [6.07, 6.45) is -4.33. The zero-order chi connectivity index (χ0) is 12.5. The molecule has 1 aromatic heterocycles. The molecule has 0 radical (unpaired) electrons. The molecule has 0 aliphatic rings. The molecule has 0 aliphatic carbocycles. The fourth-order valence-electron chi connectivity index (χ4n) is 1.20. The second-order valence-electron chi connectivity index (χ2n) is 3.13. The van der Waals surface area contributed by atoms with Gasteiger partial charge in [0.2, 0.25) is 5.13 Å². The fraction of sp³-hybridized carbons (Fsp3) is 0.111. The van der Waals surface area contributed by atoms with Crippen molar-refractivity contribution in [3.63, 3.8) is 0 Å². The molecule has 18 heavy (non-hydrogen) atoms. The lowest BCUT2D eigenvalue weighted by atomic mass is 10.1. The number of anilines is 1. The van der Waals surface area contributed by atoms with Gasteiger partial charge in [-0.1, -0.05) is 23.5 Å². The van der Waals surface area contributed by atoms with Crippen molar-refractivity contribution in [1.82, 2.24) is 10.2 Å². The number of rotatable bonds is 2. The van der Waals surface area contributed by atoms with E-state index in [1.165, 1.54) is 12.1 Å². The maximum Gasteiger partial charge on any atom is 0.416 e. The Bertz CT molecular complexity index is 511. The number of nitrogen functional groups attached to an aromatic ring is 1. The summed E-state index contributed by atoms with van der Waals surface area (Å²) in [7, 11) is 0. The minimum absolute atomic E-state index is 0. The van der Waals surface area contributed by atoms with Crippen molar-refractivity contribution in [2.45, 2.75) is 6.18 Å². The molecule has 0 amide bonds. The third-order valence-corrected chi connectivity index (χ3v) is 2.91. The van der Waals surface area contributed by atoms with Crippen LogP contribution >= 0.6 is 23.7 Å². The largest absolute Gasteiger partial charge is 0.416 e. The normalized spacial score (nSPS) is 10.9. The van der Waals surface area contributed by atoms with Crippen molar-refractivity contribution in [3.05, 3.63) is 29.8 Å². The molecule has 0 atom stereocenters. The highest BCUT2D eigenvalue weighted by Gasteiger charge is 2.30. The number of nitrogens with one attached hydrogen (secondary N) is 1. The van der Waals surface area contributed by atoms with Crippen LogP contribution in [-0.4, -0.2) is 10.2 Å². The van der Waals surface area contributed by atoms with E-state index in [-0.39, 0.29) is 12.4 Å². The number of hydrogen-bond donors (Lipinski definition) is 2. The van der Waals surface area contributed by atoms with E-state index in [9.17, 15) is 13.2 Å². The van der Waals surface area contributed by atoms with Crippen molar-refractivity contribution in [2.24, 2.45) is 5.84 Å². The molecule has 2 rings (SSSR count). The van der Waals surface area contributed by atoms with Gasteiger partial charge < -0.3 is 0 Å². The molecule has 0 bridgehead atoms. The molecule has 2 aromatic rings. The second-order valence-corrected chi connectivity index (χ2v) is 4.11. The van der Waals surface area contributed by atoms with Crippen LogP contribution in [0.25, 0.3) is 10.6 Å². The Morgan fingerprint density at radius 1 is 1.11 bits per heavy atom. The highest BCUT2D eigenvalue weighted by Crippen LogP contribution is 2.32. The van der Waals surface area contributed by atoms with Crippen LogP contribution in [-0.2, 0) is 6.18 Å². The first-order valence-corrected chi connectivity index (χ1v) is 5.30. The minimum Gasteiger partial charge on any atom is -0.298 e. The first-order valence-electron chi connectivity index (χ1n) is 4.48. The van der Waals surface area contributed by atoms with Crippen LogP contribution in [0.4, 0.5) is 18.3 Å². The van der Waals surface area contributed by atoms with Crippen molar-refractivity contribution < 1.29 is 13.2 Å². The first-order chi connectivity index (χ1) is 8.00. The van der Waals surface area contributed by atoms with E-state index >= 15 is 0 Å². The first kappa shape index (κ1) is 14.7. The number of hydrogen-bond acceptors (Lipinski definition) is 5. The predicted molar refractivity (Wildman–Crippen MR) is 65.4 cm³/mol. The molecule has 0 spiro atoms. The summed E-state index contributed by atoms with van der Waals surface area (Å²) in [5.41, 5.74) is 2.19. The lowest BCUT2D eigenvalue weighted by Gasteiger charge is -2.06. The van der Waals surface area contributed by atoms with Crippen molar-refractivity contribution in [3.8, 4) is 10.6 Å². The van der Waals surface area contributed by atoms with Gasteiger partial charge in [-0.15, -0.1) is 22.6 Å². The Morgan fingerprint density at radius 3 is 2.17 bits per heavy atom. The summed E-state index contributed by atoms with van der Waals surface area (Å²) in [4.78, 5) is 0. The van der Waals surface area contributed by atoms with Gasteiger partial charge in [-0.25, -0.2) is 5.84 Å². The molecule has 0 unspecified atom stereocenters. The van der Waals surface area contributed by atoms with E-state index in [1.807, 2.05) is 0 Å². The van der Waals surface area contributed by atoms with E-state index in [0.29, 0.717) is 15.7 Å². The molecule has 9 heteroatoms. The molecule has 4 nitrogen and oxygen atoms in total. The van der Waals surface area contributed by atoms with Gasteiger partial charge >= 0.3 is 6.18 Å². The van der Waals surface area contributed by atoms with Crippen LogP contribution in [0, 0.1) is 0 Å². The van der Waals surface area contributed by atoms with E-state index in [0.717, 1.165) is 23.5 Å². The Morgan fingerprint density at radius 2 is 1.72 bits per heavy atom. The van der Waals surface area contributed by atoms with Gasteiger partial charge in [0, 0.05) is 5.56 Å². The summed E-state index contributed by atoms with van der Waals surface area (Å²) in [5, 5.41) is 8.40. The standard InChI is InChI=1S/C9H7F3N4S.ClH/c10-9(11,12)6-3-1-5(2-4-6)7-15-16-8(14-13)17-7;/h1-4H,13H2,(H,14,16);1H. The lowest BCUT2D eigenvalue weighted by Crippen LogP contribution is -2.05. The Labute approximate surface area is 110 Å². The molecular formula is C9H8ClF3N4S. The number of alkyl halides is 3. The van der Waals surface area contributed by atoms with E-state index in [1.54, 1.807) is 0 Å². The zero-order valence-electron chi connectivity index (χ0n) is 8.73. The van der Waals surface area contributed by atoms with Crippen LogP contribution in [0.1, 0.15) is 5.56 Å². The molecule has 0 aliphatic heterocycles.